The van der Waals surface area contributed by atoms with Crippen molar-refractivity contribution in [2.24, 2.45) is 5.92 Å². The van der Waals surface area contributed by atoms with Crippen LogP contribution < -0.4 is 5.32 Å². The zero-order valence-electron chi connectivity index (χ0n) is 8.31. The number of ether oxygens (including phenoxy) is 1. The third-order valence-electron chi connectivity index (χ3n) is 2.29. The Hall–Kier alpha value is -1.14. The molecule has 2 atom stereocenters. The van der Waals surface area contributed by atoms with Crippen LogP contribution in [0.2, 0.25) is 0 Å². The van der Waals surface area contributed by atoms with Gasteiger partial charge in [0.15, 0.2) is 6.10 Å². The van der Waals surface area contributed by atoms with Crippen LogP contribution in [0.1, 0.15) is 12.8 Å². The second kappa shape index (κ2) is 5.67. The Morgan fingerprint density at radius 3 is 2.80 bits per heavy atom. The zero-order chi connectivity index (χ0) is 11.3. The summed E-state index contributed by atoms with van der Waals surface area (Å²) < 4.78 is 5.12. The van der Waals surface area contributed by atoms with Crippen molar-refractivity contribution in [3.63, 3.8) is 0 Å². The van der Waals surface area contributed by atoms with Gasteiger partial charge in [0, 0.05) is 6.61 Å². The van der Waals surface area contributed by atoms with Crippen molar-refractivity contribution in [3.05, 3.63) is 0 Å². The number of carboxylic acid groups (broad SMARTS) is 1. The molecule has 0 aromatic rings. The predicted molar refractivity (Wildman–Crippen MR) is 50.2 cm³/mol. The molecule has 1 heterocycles. The van der Waals surface area contributed by atoms with E-state index in [9.17, 15) is 9.59 Å². The van der Waals surface area contributed by atoms with Crippen LogP contribution in [0.25, 0.3) is 0 Å². The molecule has 3 N–H and O–H groups in total. The van der Waals surface area contributed by atoms with Crippen molar-refractivity contribution in [2.45, 2.75) is 18.9 Å². The van der Waals surface area contributed by atoms with Gasteiger partial charge in [-0.25, -0.2) is 4.79 Å². The molecule has 1 rings (SSSR count). The lowest BCUT2D eigenvalue weighted by Crippen LogP contribution is -2.41. The smallest absolute Gasteiger partial charge is 0.334 e. The van der Waals surface area contributed by atoms with Crippen molar-refractivity contribution in [2.75, 3.05) is 19.8 Å². The first-order valence-corrected chi connectivity index (χ1v) is 4.87. The minimum absolute atomic E-state index is 0.222. The molecule has 15 heavy (non-hydrogen) atoms. The Kier molecular flexibility index (Phi) is 4.51. The molecule has 1 unspecified atom stereocenters. The first-order chi connectivity index (χ1) is 7.11. The standard InChI is InChI=1S/C9H15NO5/c11-7(9(13)14)4-10-8(12)6-2-1-3-15-5-6/h6-7,11H,1-5H2,(H,10,12)(H,13,14)/t6?,7-/m0/s1. The van der Waals surface area contributed by atoms with Gasteiger partial charge in [0.2, 0.25) is 5.91 Å². The Morgan fingerprint density at radius 1 is 1.53 bits per heavy atom. The SMILES string of the molecule is O=C(NC[C@H](O)C(=O)O)C1CCCOC1. The average molecular weight is 217 g/mol. The number of hydrogen-bond acceptors (Lipinski definition) is 4. The highest BCUT2D eigenvalue weighted by atomic mass is 16.5. The van der Waals surface area contributed by atoms with Crippen molar-refractivity contribution < 1.29 is 24.5 Å². The van der Waals surface area contributed by atoms with Crippen LogP contribution >= 0.6 is 0 Å². The fourth-order valence-electron chi connectivity index (χ4n) is 1.38. The molecule has 1 amide bonds. The van der Waals surface area contributed by atoms with Gasteiger partial charge in [0.05, 0.1) is 19.1 Å². The minimum Gasteiger partial charge on any atom is -0.479 e. The molecule has 1 saturated heterocycles. The van der Waals surface area contributed by atoms with Crippen LogP contribution in [0.3, 0.4) is 0 Å². The fraction of sp³-hybridized carbons (Fsp3) is 0.778. The molecule has 0 aromatic carbocycles. The summed E-state index contributed by atoms with van der Waals surface area (Å²) in [6.45, 7) is 0.779. The number of hydrogen-bond donors (Lipinski definition) is 3. The molecule has 0 aromatic heterocycles. The van der Waals surface area contributed by atoms with Gasteiger partial charge < -0.3 is 20.3 Å². The van der Waals surface area contributed by atoms with E-state index in [4.69, 9.17) is 14.9 Å². The summed E-state index contributed by atoms with van der Waals surface area (Å²) in [4.78, 5) is 21.7. The van der Waals surface area contributed by atoms with Gasteiger partial charge in [-0.05, 0) is 12.8 Å². The van der Waals surface area contributed by atoms with E-state index >= 15 is 0 Å². The molecule has 0 radical (unpaired) electrons. The van der Waals surface area contributed by atoms with Crippen molar-refractivity contribution in [3.8, 4) is 0 Å². The van der Waals surface area contributed by atoms with Crippen molar-refractivity contribution >= 4 is 11.9 Å². The lowest BCUT2D eigenvalue weighted by molar-refractivity contribution is -0.146. The van der Waals surface area contributed by atoms with Gasteiger partial charge in [0.25, 0.3) is 0 Å². The van der Waals surface area contributed by atoms with Crippen LogP contribution in [0, 0.1) is 5.92 Å². The fourth-order valence-corrected chi connectivity index (χ4v) is 1.38. The second-order valence-corrected chi connectivity index (χ2v) is 3.51. The number of amides is 1. The Balaban J connectivity index is 2.25. The Bertz CT molecular complexity index is 237. The zero-order valence-corrected chi connectivity index (χ0v) is 8.31. The topological polar surface area (TPSA) is 95.9 Å². The van der Waals surface area contributed by atoms with Gasteiger partial charge in [-0.15, -0.1) is 0 Å². The molecule has 1 fully saturated rings. The number of nitrogens with one attached hydrogen (secondary N) is 1. The average Bonchev–Trinajstić information content (AvgIpc) is 2.26. The summed E-state index contributed by atoms with van der Waals surface area (Å²) in [7, 11) is 0. The molecule has 0 saturated carbocycles. The second-order valence-electron chi connectivity index (χ2n) is 3.51. The largest absolute Gasteiger partial charge is 0.479 e. The highest BCUT2D eigenvalue weighted by molar-refractivity contribution is 5.80. The third-order valence-corrected chi connectivity index (χ3v) is 2.29. The van der Waals surface area contributed by atoms with Crippen LogP contribution in [0.15, 0.2) is 0 Å². The number of aliphatic hydroxyl groups is 1. The maximum Gasteiger partial charge on any atom is 0.334 e. The number of carbonyl (C=O) groups is 2. The van der Waals surface area contributed by atoms with Crippen molar-refractivity contribution in [1.29, 1.82) is 0 Å². The molecule has 6 nitrogen and oxygen atoms in total. The molecule has 1 aliphatic rings. The maximum atomic E-state index is 11.4. The number of aliphatic carboxylic acids is 1. The predicted octanol–water partition coefficient (Wildman–Crippen LogP) is -1.03. The van der Waals surface area contributed by atoms with Gasteiger partial charge in [-0.1, -0.05) is 0 Å². The minimum atomic E-state index is -1.54. The number of carboxylic acids is 1. The van der Waals surface area contributed by atoms with E-state index in [1.807, 2.05) is 0 Å². The number of rotatable bonds is 4. The normalized spacial score (nSPS) is 23.1. The molecule has 0 spiro atoms. The lowest BCUT2D eigenvalue weighted by atomic mass is 10.0. The molecular formula is C9H15NO5. The monoisotopic (exact) mass is 217 g/mol. The van der Waals surface area contributed by atoms with E-state index in [1.54, 1.807) is 0 Å². The van der Waals surface area contributed by atoms with E-state index in [0.717, 1.165) is 12.8 Å². The molecule has 6 heteroatoms. The molecule has 0 aliphatic carbocycles. The molecule has 1 aliphatic heterocycles. The van der Waals surface area contributed by atoms with Gasteiger partial charge in [-0.3, -0.25) is 4.79 Å². The highest BCUT2D eigenvalue weighted by Gasteiger charge is 2.23. The summed E-state index contributed by atoms with van der Waals surface area (Å²) in [6.07, 6.45) is 0.0349. The first kappa shape index (κ1) is 11.9. The molecule has 0 bridgehead atoms. The summed E-state index contributed by atoms with van der Waals surface area (Å²) >= 11 is 0. The third kappa shape index (κ3) is 3.85. The van der Waals surface area contributed by atoms with E-state index in [2.05, 4.69) is 5.32 Å². The lowest BCUT2D eigenvalue weighted by Gasteiger charge is -2.21. The summed E-state index contributed by atoms with van der Waals surface area (Å²) in [6, 6.07) is 0. The number of aliphatic hydroxyl groups excluding tert-OH is 1. The highest BCUT2D eigenvalue weighted by Crippen LogP contribution is 2.13. The van der Waals surface area contributed by atoms with Crippen LogP contribution in [-0.4, -0.2) is 48.0 Å². The summed E-state index contributed by atoms with van der Waals surface area (Å²) in [5.74, 6) is -1.81. The van der Waals surface area contributed by atoms with Crippen LogP contribution in [0.4, 0.5) is 0 Å². The summed E-state index contributed by atoms with van der Waals surface area (Å²) in [5, 5.41) is 19.7. The van der Waals surface area contributed by atoms with E-state index < -0.39 is 12.1 Å². The molecular weight excluding hydrogens is 202 g/mol. The maximum absolute atomic E-state index is 11.4. The Labute approximate surface area is 87.2 Å². The first-order valence-electron chi connectivity index (χ1n) is 4.87. The van der Waals surface area contributed by atoms with E-state index in [1.165, 1.54) is 0 Å². The van der Waals surface area contributed by atoms with Gasteiger partial charge in [-0.2, -0.15) is 0 Å². The van der Waals surface area contributed by atoms with E-state index in [0.29, 0.717) is 13.2 Å². The number of carbonyl (C=O) groups excluding carboxylic acids is 1. The van der Waals surface area contributed by atoms with E-state index in [-0.39, 0.29) is 18.4 Å². The quantitative estimate of drug-likeness (QED) is 0.560. The van der Waals surface area contributed by atoms with Crippen molar-refractivity contribution in [1.82, 2.24) is 5.32 Å². The van der Waals surface area contributed by atoms with Gasteiger partial charge in [0.1, 0.15) is 0 Å². The van der Waals surface area contributed by atoms with Crippen LogP contribution in [-0.2, 0) is 14.3 Å². The van der Waals surface area contributed by atoms with Gasteiger partial charge >= 0.3 is 5.97 Å². The Morgan fingerprint density at radius 2 is 2.27 bits per heavy atom. The summed E-state index contributed by atoms with van der Waals surface area (Å²) in [5.41, 5.74) is 0. The van der Waals surface area contributed by atoms with Crippen LogP contribution in [0.5, 0.6) is 0 Å². The molecule has 86 valence electrons.